The second kappa shape index (κ2) is 2.66. The van der Waals surface area contributed by atoms with Crippen LogP contribution in [0.2, 0.25) is 0 Å². The van der Waals surface area contributed by atoms with Crippen LogP contribution in [0.25, 0.3) is 0 Å². The smallest absolute Gasteiger partial charge is 0.359 e. The number of nitrogen functional groups attached to an aromatic ring is 1. The highest BCUT2D eigenvalue weighted by atomic mass is 16.4. The first-order chi connectivity index (χ1) is 5.41. The highest BCUT2D eigenvalue weighted by Crippen LogP contribution is 2.20. The first kappa shape index (κ1) is 8.84. The van der Waals surface area contributed by atoms with Gasteiger partial charge in [0.1, 0.15) is 11.4 Å². The second-order valence-electron chi connectivity index (χ2n) is 3.79. The molecule has 0 saturated heterocycles. The van der Waals surface area contributed by atoms with Gasteiger partial charge in [-0.15, -0.1) is 0 Å². The summed E-state index contributed by atoms with van der Waals surface area (Å²) in [5.41, 5.74) is 4.88. The summed E-state index contributed by atoms with van der Waals surface area (Å²) in [5, 5.41) is 0. The van der Waals surface area contributed by atoms with Crippen LogP contribution < -0.4 is 11.4 Å². The minimum Gasteiger partial charge on any atom is -0.426 e. The van der Waals surface area contributed by atoms with Crippen molar-refractivity contribution in [2.45, 2.75) is 26.2 Å². The molecular weight excluding hydrogens is 154 g/mol. The average molecular weight is 167 g/mol. The molecule has 3 heteroatoms. The molecule has 0 spiro atoms. The van der Waals surface area contributed by atoms with Gasteiger partial charge in [0.05, 0.1) is 0 Å². The molecule has 0 aliphatic heterocycles. The van der Waals surface area contributed by atoms with E-state index in [9.17, 15) is 4.79 Å². The minimum atomic E-state index is -0.456. The Balaban J connectivity index is 3.23. The quantitative estimate of drug-likeness (QED) is 0.637. The van der Waals surface area contributed by atoms with Crippen LogP contribution in [-0.2, 0) is 5.41 Å². The van der Waals surface area contributed by atoms with E-state index in [1.807, 2.05) is 20.8 Å². The zero-order valence-corrected chi connectivity index (χ0v) is 7.55. The van der Waals surface area contributed by atoms with Crippen molar-refractivity contribution in [2.24, 2.45) is 0 Å². The molecule has 0 aromatic carbocycles. The van der Waals surface area contributed by atoms with Crippen molar-refractivity contribution in [3.63, 3.8) is 0 Å². The van der Waals surface area contributed by atoms with E-state index in [0.717, 1.165) is 0 Å². The van der Waals surface area contributed by atoms with Crippen LogP contribution >= 0.6 is 0 Å². The Hall–Kier alpha value is -1.25. The van der Waals surface area contributed by atoms with Gasteiger partial charge in [-0.25, -0.2) is 4.79 Å². The summed E-state index contributed by atoms with van der Waals surface area (Å²) in [6, 6.07) is 3.31. The lowest BCUT2D eigenvalue weighted by atomic mass is 9.93. The van der Waals surface area contributed by atoms with Gasteiger partial charge < -0.3 is 10.2 Å². The highest BCUT2D eigenvalue weighted by molar-refractivity contribution is 5.33. The molecular formula is C9H13NO2. The van der Waals surface area contributed by atoms with Crippen molar-refractivity contribution in [2.75, 3.05) is 5.73 Å². The van der Waals surface area contributed by atoms with Crippen molar-refractivity contribution >= 4 is 5.69 Å². The number of rotatable bonds is 0. The second-order valence-corrected chi connectivity index (χ2v) is 3.79. The SMILES string of the molecule is CC(C)(C)c1ccc(N)c(=O)o1. The molecule has 0 saturated carbocycles. The predicted octanol–water partition coefficient (Wildman–Crippen LogP) is 1.52. The molecule has 0 unspecified atom stereocenters. The lowest BCUT2D eigenvalue weighted by molar-refractivity contribution is 0.379. The number of nitrogens with two attached hydrogens (primary N) is 1. The van der Waals surface area contributed by atoms with Gasteiger partial charge in [-0.05, 0) is 12.1 Å². The third-order valence-corrected chi connectivity index (χ3v) is 1.59. The zero-order chi connectivity index (χ0) is 9.35. The molecule has 1 heterocycles. The summed E-state index contributed by atoms with van der Waals surface area (Å²) in [7, 11) is 0. The summed E-state index contributed by atoms with van der Waals surface area (Å²) in [6.07, 6.45) is 0. The maximum atomic E-state index is 11.0. The summed E-state index contributed by atoms with van der Waals surface area (Å²) in [5.74, 6) is 0.654. The van der Waals surface area contributed by atoms with Crippen LogP contribution in [0.4, 0.5) is 5.69 Å². The zero-order valence-electron chi connectivity index (χ0n) is 7.55. The molecule has 3 nitrogen and oxygen atoms in total. The van der Waals surface area contributed by atoms with Gasteiger partial charge in [0.15, 0.2) is 0 Å². The van der Waals surface area contributed by atoms with E-state index >= 15 is 0 Å². The maximum Gasteiger partial charge on any atom is 0.359 e. The fourth-order valence-electron chi connectivity index (χ4n) is 0.829. The van der Waals surface area contributed by atoms with Gasteiger partial charge in [-0.2, -0.15) is 0 Å². The van der Waals surface area contributed by atoms with Crippen molar-refractivity contribution in [3.8, 4) is 0 Å². The fraction of sp³-hybridized carbons (Fsp3) is 0.444. The Morgan fingerprint density at radius 1 is 1.33 bits per heavy atom. The normalized spacial score (nSPS) is 11.6. The van der Waals surface area contributed by atoms with Gasteiger partial charge in [0.25, 0.3) is 0 Å². The van der Waals surface area contributed by atoms with Gasteiger partial charge in [-0.1, -0.05) is 20.8 Å². The maximum absolute atomic E-state index is 11.0. The molecule has 0 amide bonds. The molecule has 0 radical (unpaired) electrons. The lowest BCUT2D eigenvalue weighted by Crippen LogP contribution is -2.16. The summed E-state index contributed by atoms with van der Waals surface area (Å²) < 4.78 is 4.99. The predicted molar refractivity (Wildman–Crippen MR) is 48.1 cm³/mol. The Kier molecular flexibility index (Phi) is 1.96. The Morgan fingerprint density at radius 2 is 1.92 bits per heavy atom. The molecule has 2 N–H and O–H groups in total. The first-order valence-electron chi connectivity index (χ1n) is 3.81. The van der Waals surface area contributed by atoms with Crippen LogP contribution in [0.3, 0.4) is 0 Å². The standard InChI is InChI=1S/C9H13NO2/c1-9(2,3)7-5-4-6(10)8(11)12-7/h4-5H,10H2,1-3H3. The van der Waals surface area contributed by atoms with Crippen LogP contribution in [0.5, 0.6) is 0 Å². The van der Waals surface area contributed by atoms with Gasteiger partial charge in [0, 0.05) is 5.41 Å². The third kappa shape index (κ3) is 1.67. The molecule has 12 heavy (non-hydrogen) atoms. The van der Waals surface area contributed by atoms with E-state index in [1.54, 1.807) is 12.1 Å². The van der Waals surface area contributed by atoms with E-state index in [2.05, 4.69) is 0 Å². The van der Waals surface area contributed by atoms with E-state index < -0.39 is 5.63 Å². The summed E-state index contributed by atoms with van der Waals surface area (Å²) in [6.45, 7) is 5.92. The molecule has 0 aliphatic carbocycles. The molecule has 1 rings (SSSR count). The highest BCUT2D eigenvalue weighted by Gasteiger charge is 2.16. The van der Waals surface area contributed by atoms with Crippen LogP contribution in [0.1, 0.15) is 26.5 Å². The van der Waals surface area contributed by atoms with Crippen molar-refractivity contribution in [1.82, 2.24) is 0 Å². The van der Waals surface area contributed by atoms with Crippen molar-refractivity contribution in [3.05, 3.63) is 28.3 Å². The number of hydrogen-bond acceptors (Lipinski definition) is 3. The number of anilines is 1. The molecule has 1 aromatic heterocycles. The van der Waals surface area contributed by atoms with Gasteiger partial charge in [-0.3, -0.25) is 0 Å². The number of hydrogen-bond donors (Lipinski definition) is 1. The third-order valence-electron chi connectivity index (χ3n) is 1.59. The fourth-order valence-corrected chi connectivity index (χ4v) is 0.829. The lowest BCUT2D eigenvalue weighted by Gasteiger charge is -2.15. The van der Waals surface area contributed by atoms with Crippen molar-refractivity contribution < 1.29 is 4.42 Å². The van der Waals surface area contributed by atoms with E-state index in [0.29, 0.717) is 5.76 Å². The molecule has 1 aromatic rings. The average Bonchev–Trinajstić information content (AvgIpc) is 1.92. The Labute approximate surface area is 71.2 Å². The topological polar surface area (TPSA) is 56.2 Å². The largest absolute Gasteiger partial charge is 0.426 e. The van der Waals surface area contributed by atoms with Crippen molar-refractivity contribution in [1.29, 1.82) is 0 Å². The first-order valence-corrected chi connectivity index (χ1v) is 3.81. The molecule has 0 fully saturated rings. The Bertz CT molecular complexity index is 333. The van der Waals surface area contributed by atoms with E-state index in [-0.39, 0.29) is 11.1 Å². The minimum absolute atomic E-state index is 0.146. The Morgan fingerprint density at radius 3 is 2.33 bits per heavy atom. The van der Waals surface area contributed by atoms with Crippen LogP contribution in [0.15, 0.2) is 21.3 Å². The molecule has 66 valence electrons. The molecule has 0 bridgehead atoms. The van der Waals surface area contributed by atoms with Crippen LogP contribution in [0, 0.1) is 0 Å². The summed E-state index contributed by atoms with van der Waals surface area (Å²) in [4.78, 5) is 11.0. The van der Waals surface area contributed by atoms with Gasteiger partial charge >= 0.3 is 5.63 Å². The molecule has 0 aliphatic rings. The van der Waals surface area contributed by atoms with E-state index in [1.165, 1.54) is 0 Å². The summed E-state index contributed by atoms with van der Waals surface area (Å²) >= 11 is 0. The monoisotopic (exact) mass is 167 g/mol. The van der Waals surface area contributed by atoms with Gasteiger partial charge in [0.2, 0.25) is 0 Å². The van der Waals surface area contributed by atoms with E-state index in [4.69, 9.17) is 10.2 Å². The van der Waals surface area contributed by atoms with Crippen LogP contribution in [-0.4, -0.2) is 0 Å². The molecule has 0 atom stereocenters.